The Labute approximate surface area is 210 Å². The van der Waals surface area contributed by atoms with Crippen LogP contribution in [-0.2, 0) is 0 Å². The average molecular weight is 490 g/mol. The second-order valence-corrected chi connectivity index (χ2v) is 9.37. The van der Waals surface area contributed by atoms with Crippen LogP contribution in [0.3, 0.4) is 0 Å². The smallest absolute Gasteiger partial charge is 0.201 e. The van der Waals surface area contributed by atoms with Crippen molar-refractivity contribution < 1.29 is 34.5 Å². The Bertz CT molecular complexity index is 1790. The van der Waals surface area contributed by atoms with Gasteiger partial charge >= 0.3 is 0 Å². The number of aromatic hydroxyl groups is 3. The minimum atomic E-state index is -0.695. The summed E-state index contributed by atoms with van der Waals surface area (Å²) in [5.74, 6) is -3.27. The van der Waals surface area contributed by atoms with Crippen LogP contribution < -0.4 is 0 Å². The van der Waals surface area contributed by atoms with Gasteiger partial charge in [-0.2, -0.15) is 0 Å². The van der Waals surface area contributed by atoms with Crippen molar-refractivity contribution in [1.82, 2.24) is 0 Å². The summed E-state index contributed by atoms with van der Waals surface area (Å²) in [5, 5.41) is 31.9. The van der Waals surface area contributed by atoms with E-state index < -0.39 is 28.9 Å². The number of phenols is 3. The number of benzene rings is 4. The predicted molar refractivity (Wildman–Crippen MR) is 133 cm³/mol. The highest BCUT2D eigenvalue weighted by molar-refractivity contribution is 6.31. The quantitative estimate of drug-likeness (QED) is 0.306. The Morgan fingerprint density at radius 3 is 1.59 bits per heavy atom. The lowest BCUT2D eigenvalue weighted by molar-refractivity contribution is 0.0974. The average Bonchev–Trinajstić information content (AvgIpc) is 2.84. The zero-order valence-electron chi connectivity index (χ0n) is 19.7. The molecule has 0 unspecified atom stereocenters. The lowest BCUT2D eigenvalue weighted by Gasteiger charge is -2.22. The van der Waals surface area contributed by atoms with Crippen LogP contribution in [0.1, 0.15) is 74.8 Å². The van der Waals surface area contributed by atoms with Gasteiger partial charge in [-0.1, -0.05) is 6.07 Å². The Morgan fingerprint density at radius 1 is 0.459 bits per heavy atom. The predicted octanol–water partition coefficient (Wildman–Crippen LogP) is 4.64. The number of aryl methyl sites for hydroxylation is 2. The lowest BCUT2D eigenvalue weighted by atomic mass is 9.79. The molecule has 0 radical (unpaired) electrons. The Hall–Kier alpha value is -5.04. The molecule has 180 valence electrons. The minimum absolute atomic E-state index is 0.00202. The van der Waals surface area contributed by atoms with E-state index >= 15 is 0 Å². The van der Waals surface area contributed by atoms with E-state index in [2.05, 4.69) is 0 Å². The van der Waals surface area contributed by atoms with Gasteiger partial charge in [-0.25, -0.2) is 0 Å². The number of phenolic OH excluding ortho intramolecular Hbond substituents is 3. The van der Waals surface area contributed by atoms with Gasteiger partial charge in [-0.05, 0) is 79.1 Å². The lowest BCUT2D eigenvalue weighted by Crippen LogP contribution is -2.22. The third kappa shape index (κ3) is 3.00. The SMILES string of the molecule is Cc1cc(O)c2c(c1)C(=O)c1ccc(-c3ccc4c(c3O)C(=O)c3c(O)cc(C)cc3C4=O)cc1C2=O. The summed E-state index contributed by atoms with van der Waals surface area (Å²) in [7, 11) is 0. The Balaban J connectivity index is 1.51. The van der Waals surface area contributed by atoms with Crippen molar-refractivity contribution in [2.45, 2.75) is 13.8 Å². The van der Waals surface area contributed by atoms with Crippen LogP contribution in [0.2, 0.25) is 0 Å². The number of carbonyl (C=O) groups is 4. The van der Waals surface area contributed by atoms with Crippen LogP contribution in [0.5, 0.6) is 17.2 Å². The fourth-order valence-electron chi connectivity index (χ4n) is 5.26. The van der Waals surface area contributed by atoms with Crippen molar-refractivity contribution in [2.24, 2.45) is 0 Å². The van der Waals surface area contributed by atoms with Crippen molar-refractivity contribution in [2.75, 3.05) is 0 Å². The molecule has 4 aromatic carbocycles. The van der Waals surface area contributed by atoms with E-state index in [1.54, 1.807) is 19.9 Å². The highest BCUT2D eigenvalue weighted by Crippen LogP contribution is 2.43. The molecule has 0 saturated heterocycles. The maximum atomic E-state index is 13.3. The molecule has 0 amide bonds. The molecular weight excluding hydrogens is 472 g/mol. The molecule has 37 heavy (non-hydrogen) atoms. The van der Waals surface area contributed by atoms with Crippen molar-refractivity contribution in [3.63, 3.8) is 0 Å². The van der Waals surface area contributed by atoms with Crippen LogP contribution >= 0.6 is 0 Å². The third-order valence-corrected chi connectivity index (χ3v) is 6.94. The number of ketones is 4. The molecule has 0 fully saturated rings. The first-order valence-corrected chi connectivity index (χ1v) is 11.4. The van der Waals surface area contributed by atoms with Crippen LogP contribution in [0.15, 0.2) is 54.6 Å². The molecule has 0 atom stereocenters. The molecule has 4 aromatic rings. The van der Waals surface area contributed by atoms with Gasteiger partial charge in [-0.3, -0.25) is 19.2 Å². The molecule has 0 spiro atoms. The summed E-state index contributed by atoms with van der Waals surface area (Å²) in [4.78, 5) is 52.8. The normalized spacial score (nSPS) is 13.7. The van der Waals surface area contributed by atoms with E-state index in [1.165, 1.54) is 48.5 Å². The maximum absolute atomic E-state index is 13.3. The molecular formula is C30H18O7. The van der Waals surface area contributed by atoms with Gasteiger partial charge in [-0.15, -0.1) is 0 Å². The summed E-state index contributed by atoms with van der Waals surface area (Å²) in [6, 6.07) is 13.2. The zero-order chi connectivity index (χ0) is 26.3. The van der Waals surface area contributed by atoms with Gasteiger partial charge in [0.25, 0.3) is 0 Å². The molecule has 2 aliphatic rings. The van der Waals surface area contributed by atoms with Crippen molar-refractivity contribution in [1.29, 1.82) is 0 Å². The molecule has 0 heterocycles. The summed E-state index contributed by atoms with van der Waals surface area (Å²) >= 11 is 0. The number of hydrogen-bond acceptors (Lipinski definition) is 7. The van der Waals surface area contributed by atoms with Crippen LogP contribution in [0, 0.1) is 13.8 Å². The molecule has 7 heteroatoms. The van der Waals surface area contributed by atoms with Gasteiger partial charge in [0.1, 0.15) is 17.2 Å². The van der Waals surface area contributed by atoms with Crippen LogP contribution in [0.4, 0.5) is 0 Å². The van der Waals surface area contributed by atoms with E-state index in [1.807, 2.05) is 0 Å². The minimum Gasteiger partial charge on any atom is -0.507 e. The largest absolute Gasteiger partial charge is 0.507 e. The monoisotopic (exact) mass is 490 g/mol. The molecule has 0 aliphatic heterocycles. The summed E-state index contributed by atoms with van der Waals surface area (Å²) in [5.41, 5.74) is 1.63. The summed E-state index contributed by atoms with van der Waals surface area (Å²) < 4.78 is 0. The number of hydrogen-bond donors (Lipinski definition) is 3. The fraction of sp³-hybridized carbons (Fsp3) is 0.0667. The van der Waals surface area contributed by atoms with Gasteiger partial charge < -0.3 is 15.3 Å². The van der Waals surface area contributed by atoms with Gasteiger partial charge in [0.15, 0.2) is 17.3 Å². The van der Waals surface area contributed by atoms with Gasteiger partial charge in [0.05, 0.1) is 16.7 Å². The van der Waals surface area contributed by atoms with E-state index in [0.29, 0.717) is 16.7 Å². The van der Waals surface area contributed by atoms with Crippen molar-refractivity contribution in [3.05, 3.63) is 110 Å². The highest BCUT2D eigenvalue weighted by Gasteiger charge is 2.36. The second kappa shape index (κ2) is 7.48. The van der Waals surface area contributed by atoms with Crippen molar-refractivity contribution in [3.8, 4) is 28.4 Å². The molecule has 3 N–H and O–H groups in total. The molecule has 6 rings (SSSR count). The summed E-state index contributed by atoms with van der Waals surface area (Å²) in [6.45, 7) is 3.40. The molecule has 0 bridgehead atoms. The van der Waals surface area contributed by atoms with Crippen LogP contribution in [-0.4, -0.2) is 38.5 Å². The van der Waals surface area contributed by atoms with E-state index in [4.69, 9.17) is 0 Å². The molecule has 2 aliphatic carbocycles. The third-order valence-electron chi connectivity index (χ3n) is 6.94. The zero-order valence-corrected chi connectivity index (χ0v) is 19.7. The van der Waals surface area contributed by atoms with E-state index in [0.717, 1.165) is 0 Å². The summed E-state index contributed by atoms with van der Waals surface area (Å²) in [6.07, 6.45) is 0. The molecule has 0 saturated carbocycles. The van der Waals surface area contributed by atoms with Gasteiger partial charge in [0.2, 0.25) is 5.78 Å². The first kappa shape index (κ1) is 22.4. The highest BCUT2D eigenvalue weighted by atomic mass is 16.3. The Morgan fingerprint density at radius 2 is 0.973 bits per heavy atom. The topological polar surface area (TPSA) is 129 Å². The number of fused-ring (bicyclic) bond motifs is 4. The van der Waals surface area contributed by atoms with E-state index in [9.17, 15) is 34.5 Å². The number of rotatable bonds is 1. The first-order valence-electron chi connectivity index (χ1n) is 11.4. The Kier molecular flexibility index (Phi) is 4.53. The first-order chi connectivity index (χ1) is 17.6. The standard InChI is InChI=1S/C30H18O7/c1-12-7-19-23(21(31)9-12)29(36)18-11-14(3-4-16(18)26(19)33)15-5-6-17-25(28(15)35)30(37)24-20(27(17)34)8-13(2)10-22(24)32/h3-11,31-32,35H,1-2H3. The fourth-order valence-corrected chi connectivity index (χ4v) is 5.26. The maximum Gasteiger partial charge on any atom is 0.201 e. The second-order valence-electron chi connectivity index (χ2n) is 9.37. The van der Waals surface area contributed by atoms with Crippen LogP contribution in [0.25, 0.3) is 11.1 Å². The molecule has 0 aromatic heterocycles. The molecule has 7 nitrogen and oxygen atoms in total. The van der Waals surface area contributed by atoms with E-state index in [-0.39, 0.29) is 61.6 Å². The van der Waals surface area contributed by atoms with Gasteiger partial charge in [0, 0.05) is 33.4 Å². The van der Waals surface area contributed by atoms with Crippen molar-refractivity contribution >= 4 is 23.1 Å². The number of carbonyl (C=O) groups excluding carboxylic acids is 4.